The number of para-hydroxylation sites is 1. The predicted octanol–water partition coefficient (Wildman–Crippen LogP) is 3.81. The van der Waals surface area contributed by atoms with Crippen LogP contribution in [-0.2, 0) is 11.4 Å². The first-order chi connectivity index (χ1) is 12.2. The smallest absolute Gasteiger partial charge is 0.0842 e. The van der Waals surface area contributed by atoms with Crippen molar-refractivity contribution >= 4 is 22.8 Å². The summed E-state index contributed by atoms with van der Waals surface area (Å²) in [6.45, 7) is 4.14. The van der Waals surface area contributed by atoms with Gasteiger partial charge in [-0.3, -0.25) is 15.3 Å². The zero-order chi connectivity index (χ0) is 17.5. The third-order valence-electron chi connectivity index (χ3n) is 4.00. The Kier molecular flexibility index (Phi) is 5.69. The Morgan fingerprint density at radius 1 is 1.20 bits per heavy atom. The van der Waals surface area contributed by atoms with Crippen molar-refractivity contribution in [2.24, 2.45) is 10.7 Å². The quantitative estimate of drug-likeness (QED) is 0.743. The average molecular weight is 336 g/mol. The fourth-order valence-electron chi connectivity index (χ4n) is 2.70. The largest absolute Gasteiger partial charge is 0.398 e. The molecule has 0 fully saturated rings. The minimum absolute atomic E-state index is 0.650. The summed E-state index contributed by atoms with van der Waals surface area (Å²) in [5, 5.41) is 3.44. The average Bonchev–Trinajstić information content (AvgIpc) is 2.61. The molecular formula is C20H24N4O. The lowest BCUT2D eigenvalue weighted by atomic mass is 10.1. The van der Waals surface area contributed by atoms with Gasteiger partial charge in [0.1, 0.15) is 0 Å². The molecule has 0 amide bonds. The van der Waals surface area contributed by atoms with Crippen molar-refractivity contribution in [2.45, 2.75) is 19.9 Å². The lowest BCUT2D eigenvalue weighted by Crippen LogP contribution is -2.16. The molecule has 0 radical (unpaired) electrons. The molecule has 0 unspecified atom stereocenters. The Morgan fingerprint density at radius 3 is 2.88 bits per heavy atom. The third-order valence-corrected chi connectivity index (χ3v) is 4.00. The molecule has 2 aromatic carbocycles. The Bertz CT molecular complexity index is 769. The highest BCUT2D eigenvalue weighted by atomic mass is 16.6. The van der Waals surface area contributed by atoms with E-state index in [1.165, 1.54) is 5.56 Å². The number of hydrogen-bond acceptors (Lipinski definition) is 5. The Labute approximate surface area is 148 Å². The molecule has 1 aliphatic heterocycles. The summed E-state index contributed by atoms with van der Waals surface area (Å²) in [6.07, 6.45) is 2.85. The lowest BCUT2D eigenvalue weighted by molar-refractivity contribution is 0.191. The molecule has 2 aromatic rings. The first-order valence-electron chi connectivity index (χ1n) is 8.51. The number of fused-ring (bicyclic) bond motifs is 1. The number of nitrogens with zero attached hydrogens (tertiary/aromatic N) is 1. The van der Waals surface area contributed by atoms with Gasteiger partial charge in [0.05, 0.1) is 24.5 Å². The van der Waals surface area contributed by atoms with Gasteiger partial charge in [-0.25, -0.2) is 0 Å². The van der Waals surface area contributed by atoms with Crippen LogP contribution >= 0.6 is 0 Å². The second-order valence-corrected chi connectivity index (χ2v) is 6.00. The van der Waals surface area contributed by atoms with E-state index >= 15 is 0 Å². The second kappa shape index (κ2) is 8.35. The van der Waals surface area contributed by atoms with Gasteiger partial charge in [-0.05, 0) is 31.1 Å². The first-order valence-corrected chi connectivity index (χ1v) is 8.51. The van der Waals surface area contributed by atoms with Crippen molar-refractivity contribution < 1.29 is 4.84 Å². The number of nitrogens with two attached hydrogens (primary N) is 1. The lowest BCUT2D eigenvalue weighted by Gasteiger charge is -2.20. The van der Waals surface area contributed by atoms with Gasteiger partial charge in [0.2, 0.25) is 0 Å². The van der Waals surface area contributed by atoms with Gasteiger partial charge in [0.15, 0.2) is 0 Å². The number of rotatable bonds is 4. The molecule has 0 bridgehead atoms. The summed E-state index contributed by atoms with van der Waals surface area (Å²) in [5.74, 6) is 0. The van der Waals surface area contributed by atoms with Gasteiger partial charge in [-0.15, -0.1) is 0 Å². The van der Waals surface area contributed by atoms with E-state index in [-0.39, 0.29) is 0 Å². The van der Waals surface area contributed by atoms with Crippen molar-refractivity contribution in [1.82, 2.24) is 0 Å². The molecular weight excluding hydrogens is 312 g/mol. The summed E-state index contributed by atoms with van der Waals surface area (Å²) in [7, 11) is 0. The number of aliphatic imine (C=N–C) groups is 1. The van der Waals surface area contributed by atoms with Crippen LogP contribution in [0.3, 0.4) is 0 Å². The highest BCUT2D eigenvalue weighted by Crippen LogP contribution is 2.30. The number of allylic oxidation sites excluding steroid dienone is 1. The van der Waals surface area contributed by atoms with Crippen molar-refractivity contribution in [1.29, 1.82) is 0 Å². The van der Waals surface area contributed by atoms with Crippen LogP contribution in [0.15, 0.2) is 59.6 Å². The molecule has 0 saturated carbocycles. The maximum atomic E-state index is 6.35. The van der Waals surface area contributed by atoms with Gasteiger partial charge < -0.3 is 11.1 Å². The summed E-state index contributed by atoms with van der Waals surface area (Å²) in [5.41, 5.74) is 14.9. The molecule has 3 rings (SSSR count). The Hall–Kier alpha value is -2.79. The van der Waals surface area contributed by atoms with Gasteiger partial charge >= 0.3 is 0 Å². The molecule has 4 N–H and O–H groups in total. The molecule has 0 spiro atoms. The van der Waals surface area contributed by atoms with Gasteiger partial charge in [0.25, 0.3) is 0 Å². The van der Waals surface area contributed by atoms with E-state index in [0.717, 1.165) is 35.6 Å². The van der Waals surface area contributed by atoms with Crippen molar-refractivity contribution in [3.63, 3.8) is 0 Å². The predicted molar refractivity (Wildman–Crippen MR) is 105 cm³/mol. The van der Waals surface area contributed by atoms with E-state index in [9.17, 15) is 0 Å². The zero-order valence-corrected chi connectivity index (χ0v) is 14.5. The van der Waals surface area contributed by atoms with Gasteiger partial charge in [0, 0.05) is 23.5 Å². The summed E-state index contributed by atoms with van der Waals surface area (Å²) >= 11 is 0. The van der Waals surface area contributed by atoms with E-state index in [4.69, 9.17) is 10.6 Å². The van der Waals surface area contributed by atoms with Crippen LogP contribution in [0.5, 0.6) is 0 Å². The molecule has 5 nitrogen and oxygen atoms in total. The van der Waals surface area contributed by atoms with Crippen molar-refractivity contribution in [3.05, 3.63) is 65.7 Å². The molecule has 0 aliphatic carbocycles. The fourth-order valence-corrected chi connectivity index (χ4v) is 2.70. The minimum Gasteiger partial charge on any atom is -0.398 e. The SMILES string of the molecule is CC(C=C(N)c1cccc2c1NCCCON2)=NCc1ccccc1. The van der Waals surface area contributed by atoms with Gasteiger partial charge in [-0.2, -0.15) is 0 Å². The maximum absolute atomic E-state index is 6.35. The molecule has 1 heterocycles. The van der Waals surface area contributed by atoms with Crippen LogP contribution in [0.4, 0.5) is 11.4 Å². The van der Waals surface area contributed by atoms with Crippen molar-refractivity contribution in [3.8, 4) is 0 Å². The molecule has 0 saturated heterocycles. The number of benzene rings is 2. The number of hydrogen-bond donors (Lipinski definition) is 3. The minimum atomic E-state index is 0.650. The van der Waals surface area contributed by atoms with E-state index in [0.29, 0.717) is 18.8 Å². The fraction of sp³-hybridized carbons (Fsp3) is 0.250. The Morgan fingerprint density at radius 2 is 2.04 bits per heavy atom. The Balaban J connectivity index is 1.80. The highest BCUT2D eigenvalue weighted by Gasteiger charge is 2.12. The van der Waals surface area contributed by atoms with Crippen LogP contribution in [0.25, 0.3) is 5.70 Å². The molecule has 25 heavy (non-hydrogen) atoms. The van der Waals surface area contributed by atoms with E-state index in [1.807, 2.05) is 49.4 Å². The van der Waals surface area contributed by atoms with Crippen LogP contribution < -0.4 is 16.5 Å². The first kappa shape index (κ1) is 17.0. The zero-order valence-electron chi connectivity index (χ0n) is 14.5. The monoisotopic (exact) mass is 336 g/mol. The van der Waals surface area contributed by atoms with Crippen LogP contribution in [0.2, 0.25) is 0 Å². The number of anilines is 2. The van der Waals surface area contributed by atoms with E-state index in [1.54, 1.807) is 0 Å². The maximum Gasteiger partial charge on any atom is 0.0842 e. The second-order valence-electron chi connectivity index (χ2n) is 6.00. The molecule has 1 aliphatic rings. The molecule has 0 atom stereocenters. The van der Waals surface area contributed by atoms with E-state index < -0.39 is 0 Å². The molecule has 130 valence electrons. The van der Waals surface area contributed by atoms with E-state index in [2.05, 4.69) is 27.9 Å². The van der Waals surface area contributed by atoms with Crippen LogP contribution in [0.1, 0.15) is 24.5 Å². The summed E-state index contributed by atoms with van der Waals surface area (Å²) in [4.78, 5) is 10.0. The van der Waals surface area contributed by atoms with Crippen LogP contribution in [-0.4, -0.2) is 18.9 Å². The highest BCUT2D eigenvalue weighted by molar-refractivity contribution is 6.00. The molecule has 5 heteroatoms. The van der Waals surface area contributed by atoms with Crippen molar-refractivity contribution in [2.75, 3.05) is 23.9 Å². The summed E-state index contributed by atoms with van der Waals surface area (Å²) in [6, 6.07) is 16.1. The van der Waals surface area contributed by atoms with Crippen LogP contribution in [0, 0.1) is 0 Å². The number of nitrogens with one attached hydrogen (secondary N) is 2. The topological polar surface area (TPSA) is 71.7 Å². The standard InChI is InChI=1S/C20H24N4O/c1-15(23-14-16-7-3-2-4-8-16)13-18(21)17-9-5-10-19-20(17)22-11-6-12-25-24-19/h2-5,7-10,13,22,24H,6,11-12,14,21H2,1H3. The molecule has 0 aromatic heterocycles. The normalized spacial score (nSPS) is 15.4. The summed E-state index contributed by atoms with van der Waals surface area (Å²) < 4.78 is 0. The van der Waals surface area contributed by atoms with Gasteiger partial charge in [-0.1, -0.05) is 42.5 Å². The third kappa shape index (κ3) is 4.61.